The SMILES string of the molecule is COC(=O)CN(C(=O)c1ccc(CO)cc1)C(C)C. The Hall–Kier alpha value is -1.88. The van der Waals surface area contributed by atoms with Gasteiger partial charge in [-0.05, 0) is 31.5 Å². The number of benzene rings is 1. The number of amides is 1. The smallest absolute Gasteiger partial charge is 0.325 e. The van der Waals surface area contributed by atoms with Gasteiger partial charge < -0.3 is 14.7 Å². The van der Waals surface area contributed by atoms with Crippen molar-refractivity contribution in [3.63, 3.8) is 0 Å². The van der Waals surface area contributed by atoms with Gasteiger partial charge in [0.1, 0.15) is 6.54 Å². The van der Waals surface area contributed by atoms with Gasteiger partial charge in [0.15, 0.2) is 0 Å². The highest BCUT2D eigenvalue weighted by molar-refractivity contribution is 5.96. The first-order valence-corrected chi connectivity index (χ1v) is 6.07. The van der Waals surface area contributed by atoms with Crippen LogP contribution in [0.1, 0.15) is 29.8 Å². The molecule has 0 atom stereocenters. The van der Waals surface area contributed by atoms with Crippen LogP contribution in [0.25, 0.3) is 0 Å². The first kappa shape index (κ1) is 15.2. The molecule has 5 nitrogen and oxygen atoms in total. The molecule has 19 heavy (non-hydrogen) atoms. The van der Waals surface area contributed by atoms with E-state index in [2.05, 4.69) is 4.74 Å². The second-order valence-corrected chi connectivity index (χ2v) is 4.46. The number of ether oxygens (including phenoxy) is 1. The van der Waals surface area contributed by atoms with E-state index in [0.717, 1.165) is 5.56 Å². The summed E-state index contributed by atoms with van der Waals surface area (Å²) in [6.07, 6.45) is 0. The average molecular weight is 265 g/mol. The predicted octanol–water partition coefficient (Wildman–Crippen LogP) is 1.20. The molecule has 0 aliphatic rings. The van der Waals surface area contributed by atoms with Gasteiger partial charge >= 0.3 is 5.97 Å². The van der Waals surface area contributed by atoms with E-state index in [1.54, 1.807) is 24.3 Å². The van der Waals surface area contributed by atoms with Gasteiger partial charge in [-0.3, -0.25) is 9.59 Å². The lowest BCUT2D eigenvalue weighted by atomic mass is 10.1. The van der Waals surface area contributed by atoms with E-state index in [1.807, 2.05) is 13.8 Å². The molecule has 0 aliphatic carbocycles. The number of carbonyl (C=O) groups excluding carboxylic acids is 2. The summed E-state index contributed by atoms with van der Waals surface area (Å²) in [6, 6.07) is 6.54. The summed E-state index contributed by atoms with van der Waals surface area (Å²) >= 11 is 0. The Bertz CT molecular complexity index is 439. The van der Waals surface area contributed by atoms with Crippen LogP contribution in [-0.4, -0.2) is 41.6 Å². The van der Waals surface area contributed by atoms with Crippen molar-refractivity contribution < 1.29 is 19.4 Å². The fourth-order valence-electron chi connectivity index (χ4n) is 1.61. The molecule has 0 aromatic heterocycles. The Morgan fingerprint density at radius 1 is 1.26 bits per heavy atom. The van der Waals surface area contributed by atoms with Crippen LogP contribution >= 0.6 is 0 Å². The summed E-state index contributed by atoms with van der Waals surface area (Å²) in [5, 5.41) is 8.96. The van der Waals surface area contributed by atoms with Gasteiger partial charge in [-0.1, -0.05) is 12.1 Å². The normalized spacial score (nSPS) is 10.4. The Morgan fingerprint density at radius 3 is 2.26 bits per heavy atom. The van der Waals surface area contributed by atoms with Crippen molar-refractivity contribution in [1.82, 2.24) is 4.90 Å². The molecule has 0 fully saturated rings. The first-order chi connectivity index (χ1) is 8.99. The lowest BCUT2D eigenvalue weighted by molar-refractivity contribution is -0.141. The average Bonchev–Trinajstić information content (AvgIpc) is 2.43. The molecule has 0 aliphatic heterocycles. The summed E-state index contributed by atoms with van der Waals surface area (Å²) in [6.45, 7) is 3.53. The molecule has 5 heteroatoms. The molecular weight excluding hydrogens is 246 g/mol. The van der Waals surface area contributed by atoms with E-state index in [0.29, 0.717) is 5.56 Å². The molecule has 1 aromatic carbocycles. The number of nitrogens with zero attached hydrogens (tertiary/aromatic N) is 1. The molecule has 1 amide bonds. The largest absolute Gasteiger partial charge is 0.468 e. The maximum absolute atomic E-state index is 12.3. The van der Waals surface area contributed by atoms with Crippen molar-refractivity contribution >= 4 is 11.9 Å². The van der Waals surface area contributed by atoms with Crippen molar-refractivity contribution in [3.05, 3.63) is 35.4 Å². The molecule has 1 aromatic rings. The number of methoxy groups -OCH3 is 1. The van der Waals surface area contributed by atoms with E-state index in [1.165, 1.54) is 12.0 Å². The number of rotatable bonds is 5. The van der Waals surface area contributed by atoms with E-state index >= 15 is 0 Å². The summed E-state index contributed by atoms with van der Waals surface area (Å²) in [4.78, 5) is 25.1. The van der Waals surface area contributed by atoms with E-state index in [4.69, 9.17) is 5.11 Å². The molecule has 1 rings (SSSR count). The molecule has 0 spiro atoms. The minimum Gasteiger partial charge on any atom is -0.468 e. The van der Waals surface area contributed by atoms with Gasteiger partial charge in [0.25, 0.3) is 5.91 Å². The van der Waals surface area contributed by atoms with Gasteiger partial charge in [-0.25, -0.2) is 0 Å². The molecule has 0 heterocycles. The van der Waals surface area contributed by atoms with Crippen LogP contribution in [-0.2, 0) is 16.1 Å². The third kappa shape index (κ3) is 4.06. The van der Waals surface area contributed by atoms with Gasteiger partial charge in [0.05, 0.1) is 13.7 Å². The lowest BCUT2D eigenvalue weighted by Gasteiger charge is -2.25. The van der Waals surface area contributed by atoms with Crippen LogP contribution in [0.15, 0.2) is 24.3 Å². The van der Waals surface area contributed by atoms with Crippen molar-refractivity contribution in [2.45, 2.75) is 26.5 Å². The zero-order valence-corrected chi connectivity index (χ0v) is 11.4. The Morgan fingerprint density at radius 2 is 1.84 bits per heavy atom. The maximum atomic E-state index is 12.3. The Labute approximate surface area is 112 Å². The number of carbonyl (C=O) groups is 2. The number of aliphatic hydroxyl groups is 1. The fraction of sp³-hybridized carbons (Fsp3) is 0.429. The van der Waals surface area contributed by atoms with Crippen molar-refractivity contribution in [1.29, 1.82) is 0 Å². The van der Waals surface area contributed by atoms with E-state index < -0.39 is 5.97 Å². The standard InChI is InChI=1S/C14H19NO4/c1-10(2)15(8-13(17)19-3)14(18)12-6-4-11(9-16)5-7-12/h4-7,10,16H,8-9H2,1-3H3. The van der Waals surface area contributed by atoms with Gasteiger partial charge in [-0.2, -0.15) is 0 Å². The monoisotopic (exact) mass is 265 g/mol. The Kier molecular flexibility index (Phi) is 5.51. The summed E-state index contributed by atoms with van der Waals surface area (Å²) in [5.74, 6) is -0.682. The topological polar surface area (TPSA) is 66.8 Å². The second-order valence-electron chi connectivity index (χ2n) is 4.46. The number of hydrogen-bond acceptors (Lipinski definition) is 4. The van der Waals surface area contributed by atoms with Crippen molar-refractivity contribution in [2.75, 3.05) is 13.7 Å². The summed E-state index contributed by atoms with van der Waals surface area (Å²) in [7, 11) is 1.29. The minimum atomic E-state index is -0.450. The van der Waals surface area contributed by atoms with Crippen molar-refractivity contribution in [2.24, 2.45) is 0 Å². The van der Waals surface area contributed by atoms with Crippen LogP contribution < -0.4 is 0 Å². The highest BCUT2D eigenvalue weighted by atomic mass is 16.5. The molecule has 0 unspecified atom stereocenters. The zero-order chi connectivity index (χ0) is 14.4. The van der Waals surface area contributed by atoms with Gasteiger partial charge in [0.2, 0.25) is 0 Å². The molecule has 0 saturated carbocycles. The highest BCUT2D eigenvalue weighted by Gasteiger charge is 2.21. The number of esters is 1. The van der Waals surface area contributed by atoms with Crippen molar-refractivity contribution in [3.8, 4) is 0 Å². The highest BCUT2D eigenvalue weighted by Crippen LogP contribution is 2.10. The molecule has 104 valence electrons. The fourth-order valence-corrected chi connectivity index (χ4v) is 1.61. The van der Waals surface area contributed by atoms with Gasteiger partial charge in [0, 0.05) is 11.6 Å². The molecule has 0 bridgehead atoms. The van der Waals surface area contributed by atoms with E-state index in [9.17, 15) is 9.59 Å². The molecule has 0 saturated heterocycles. The number of aliphatic hydroxyl groups excluding tert-OH is 1. The quantitative estimate of drug-likeness (QED) is 0.812. The summed E-state index contributed by atoms with van der Waals surface area (Å²) < 4.78 is 4.59. The van der Waals surface area contributed by atoms with Gasteiger partial charge in [-0.15, -0.1) is 0 Å². The van der Waals surface area contributed by atoms with Crippen LogP contribution in [0.3, 0.4) is 0 Å². The molecular formula is C14H19NO4. The first-order valence-electron chi connectivity index (χ1n) is 6.07. The third-order valence-electron chi connectivity index (χ3n) is 2.79. The van der Waals surface area contributed by atoms with Crippen LogP contribution in [0.5, 0.6) is 0 Å². The maximum Gasteiger partial charge on any atom is 0.325 e. The van der Waals surface area contributed by atoms with E-state index in [-0.39, 0.29) is 25.1 Å². The van der Waals surface area contributed by atoms with Crippen LogP contribution in [0.2, 0.25) is 0 Å². The second kappa shape index (κ2) is 6.89. The number of hydrogen-bond donors (Lipinski definition) is 1. The summed E-state index contributed by atoms with van der Waals surface area (Å²) in [5.41, 5.74) is 1.22. The van der Waals surface area contributed by atoms with Crippen LogP contribution in [0, 0.1) is 0 Å². The molecule has 0 radical (unpaired) electrons. The van der Waals surface area contributed by atoms with Crippen LogP contribution in [0.4, 0.5) is 0 Å². The zero-order valence-electron chi connectivity index (χ0n) is 11.4. The molecule has 1 N–H and O–H groups in total. The minimum absolute atomic E-state index is 0.0650. The lowest BCUT2D eigenvalue weighted by Crippen LogP contribution is -2.41. The predicted molar refractivity (Wildman–Crippen MR) is 70.6 cm³/mol. The third-order valence-corrected chi connectivity index (χ3v) is 2.79. The Balaban J connectivity index is 2.89.